The van der Waals surface area contributed by atoms with Crippen molar-refractivity contribution in [2.24, 2.45) is 0 Å². The molecule has 0 atom stereocenters. The zero-order chi connectivity index (χ0) is 20.9. The number of anilines is 1. The molecule has 2 aromatic rings. The second-order valence-electron chi connectivity index (χ2n) is 7.56. The molecule has 0 fully saturated rings. The van der Waals surface area contributed by atoms with Gasteiger partial charge in [0.1, 0.15) is 12.2 Å². The molecule has 1 aliphatic heterocycles. The van der Waals surface area contributed by atoms with E-state index >= 15 is 0 Å². The third-order valence-corrected chi connectivity index (χ3v) is 4.37. The van der Waals surface area contributed by atoms with Crippen molar-refractivity contribution in [1.82, 2.24) is 5.32 Å². The van der Waals surface area contributed by atoms with Crippen LogP contribution in [0.4, 0.5) is 5.69 Å². The Morgan fingerprint density at radius 1 is 1.17 bits per heavy atom. The van der Waals surface area contributed by atoms with Gasteiger partial charge in [0.05, 0.1) is 6.54 Å². The Morgan fingerprint density at radius 3 is 2.66 bits per heavy atom. The van der Waals surface area contributed by atoms with Crippen LogP contribution in [0.1, 0.15) is 31.9 Å². The molecule has 0 spiro atoms. The van der Waals surface area contributed by atoms with Crippen molar-refractivity contribution in [2.45, 2.75) is 32.8 Å². The summed E-state index contributed by atoms with van der Waals surface area (Å²) in [4.78, 5) is 23.0. The topological polar surface area (TPSA) is 76.7 Å². The van der Waals surface area contributed by atoms with Gasteiger partial charge in [0.15, 0.2) is 11.5 Å². The van der Waals surface area contributed by atoms with Crippen LogP contribution in [0.3, 0.4) is 0 Å². The van der Waals surface area contributed by atoms with E-state index in [1.165, 1.54) is 13.0 Å². The molecule has 1 aliphatic rings. The lowest BCUT2D eigenvalue weighted by Crippen LogP contribution is -2.26. The van der Waals surface area contributed by atoms with Gasteiger partial charge in [-0.15, -0.1) is 0 Å². The molecule has 0 aliphatic carbocycles. The average molecular weight is 394 g/mol. The second kappa shape index (κ2) is 8.82. The fraction of sp³-hybridized carbons (Fsp3) is 0.304. The van der Waals surface area contributed by atoms with Crippen LogP contribution in [0.25, 0.3) is 6.08 Å². The summed E-state index contributed by atoms with van der Waals surface area (Å²) in [5.74, 6) is 1.18. The van der Waals surface area contributed by atoms with Gasteiger partial charge in [0.25, 0.3) is 0 Å². The van der Waals surface area contributed by atoms with Crippen LogP contribution in [0, 0.1) is 0 Å². The summed E-state index contributed by atoms with van der Waals surface area (Å²) >= 11 is 0. The summed E-state index contributed by atoms with van der Waals surface area (Å²) in [6.07, 6.45) is 4.04. The fourth-order valence-corrected chi connectivity index (χ4v) is 3.15. The van der Waals surface area contributed by atoms with E-state index in [-0.39, 0.29) is 17.4 Å². The first-order valence-corrected chi connectivity index (χ1v) is 9.60. The number of rotatable bonds is 7. The molecule has 152 valence electrons. The molecule has 0 unspecified atom stereocenters. The number of amides is 2. The van der Waals surface area contributed by atoms with E-state index in [1.807, 2.05) is 30.3 Å². The zero-order valence-electron chi connectivity index (χ0n) is 17.0. The summed E-state index contributed by atoms with van der Waals surface area (Å²) in [5, 5.41) is 5.50. The average Bonchev–Trinajstić information content (AvgIpc) is 2.99. The lowest BCUT2D eigenvalue weighted by Gasteiger charge is -2.18. The van der Waals surface area contributed by atoms with Crippen LogP contribution in [0.15, 0.2) is 48.5 Å². The van der Waals surface area contributed by atoms with Crippen LogP contribution in [-0.4, -0.2) is 30.6 Å². The first-order valence-electron chi connectivity index (χ1n) is 9.60. The fourth-order valence-electron chi connectivity index (χ4n) is 3.15. The third-order valence-electron chi connectivity index (χ3n) is 4.37. The molecule has 6 nitrogen and oxygen atoms in total. The number of para-hydroxylation sites is 1. The van der Waals surface area contributed by atoms with Gasteiger partial charge < -0.3 is 20.1 Å². The summed E-state index contributed by atoms with van der Waals surface area (Å²) in [7, 11) is 0. The Labute approximate surface area is 170 Å². The molecule has 0 saturated carbocycles. The predicted molar refractivity (Wildman–Crippen MR) is 113 cm³/mol. The summed E-state index contributed by atoms with van der Waals surface area (Å²) in [5.41, 5.74) is 2.51. The summed E-state index contributed by atoms with van der Waals surface area (Å²) in [6, 6.07) is 13.1. The lowest BCUT2D eigenvalue weighted by molar-refractivity contribution is -0.116. The van der Waals surface area contributed by atoms with E-state index in [9.17, 15) is 9.59 Å². The molecule has 1 heterocycles. The number of hydrogen-bond donors (Lipinski definition) is 2. The van der Waals surface area contributed by atoms with Crippen molar-refractivity contribution in [2.75, 3.05) is 18.5 Å². The maximum absolute atomic E-state index is 12.0. The van der Waals surface area contributed by atoms with Gasteiger partial charge >= 0.3 is 0 Å². The van der Waals surface area contributed by atoms with Crippen LogP contribution in [-0.2, 0) is 16.0 Å². The normalized spacial score (nSPS) is 14.2. The largest absolute Gasteiger partial charge is 0.488 e. The Bertz CT molecular complexity index is 917. The highest BCUT2D eigenvalue weighted by molar-refractivity contribution is 5.92. The van der Waals surface area contributed by atoms with Crippen molar-refractivity contribution >= 4 is 23.6 Å². The second-order valence-corrected chi connectivity index (χ2v) is 7.56. The van der Waals surface area contributed by atoms with Crippen LogP contribution in [0.2, 0.25) is 0 Å². The molecule has 0 radical (unpaired) electrons. The number of fused-ring (bicyclic) bond motifs is 1. The number of hydrogen-bond acceptors (Lipinski definition) is 4. The van der Waals surface area contributed by atoms with Gasteiger partial charge in [-0.2, -0.15) is 0 Å². The van der Waals surface area contributed by atoms with Gasteiger partial charge in [-0.25, -0.2) is 0 Å². The number of ether oxygens (including phenoxy) is 2. The van der Waals surface area contributed by atoms with E-state index in [1.54, 1.807) is 18.2 Å². The number of carbonyl (C=O) groups excluding carboxylic acids is 2. The highest BCUT2D eigenvalue weighted by Crippen LogP contribution is 2.41. The van der Waals surface area contributed by atoms with Crippen molar-refractivity contribution in [3.05, 3.63) is 59.7 Å². The molecule has 0 saturated heterocycles. The van der Waals surface area contributed by atoms with Crippen molar-refractivity contribution in [1.29, 1.82) is 0 Å². The summed E-state index contributed by atoms with van der Waals surface area (Å²) in [6.45, 7) is 6.30. The van der Waals surface area contributed by atoms with Crippen LogP contribution in [0.5, 0.6) is 11.5 Å². The number of carbonyl (C=O) groups is 2. The van der Waals surface area contributed by atoms with Gasteiger partial charge in [-0.3, -0.25) is 9.59 Å². The summed E-state index contributed by atoms with van der Waals surface area (Å²) < 4.78 is 11.8. The van der Waals surface area contributed by atoms with Crippen molar-refractivity contribution in [3.63, 3.8) is 0 Å². The number of benzene rings is 2. The molecular weight excluding hydrogens is 368 g/mol. The van der Waals surface area contributed by atoms with Gasteiger partial charge in [-0.05, 0) is 43.7 Å². The van der Waals surface area contributed by atoms with Crippen LogP contribution >= 0.6 is 0 Å². The monoisotopic (exact) mass is 394 g/mol. The van der Waals surface area contributed by atoms with E-state index in [0.29, 0.717) is 18.9 Å². The molecule has 2 aromatic carbocycles. The maximum Gasteiger partial charge on any atom is 0.244 e. The highest BCUT2D eigenvalue weighted by Gasteiger charge is 2.32. The minimum absolute atomic E-state index is 0.120. The van der Waals surface area contributed by atoms with Gasteiger partial charge in [0.2, 0.25) is 11.8 Å². The van der Waals surface area contributed by atoms with E-state index in [4.69, 9.17) is 9.47 Å². The molecule has 2 N–H and O–H groups in total. The first kappa shape index (κ1) is 20.5. The predicted octanol–water partition coefficient (Wildman–Crippen LogP) is 3.57. The zero-order valence-corrected chi connectivity index (χ0v) is 17.0. The van der Waals surface area contributed by atoms with Crippen LogP contribution < -0.4 is 20.1 Å². The molecule has 6 heteroatoms. The Morgan fingerprint density at radius 2 is 1.93 bits per heavy atom. The smallest absolute Gasteiger partial charge is 0.244 e. The quantitative estimate of drug-likeness (QED) is 0.556. The van der Waals surface area contributed by atoms with Gasteiger partial charge in [0, 0.05) is 30.7 Å². The van der Waals surface area contributed by atoms with E-state index in [2.05, 4.69) is 24.5 Å². The van der Waals surface area contributed by atoms with E-state index < -0.39 is 0 Å². The molecule has 3 rings (SSSR count). The lowest BCUT2D eigenvalue weighted by atomic mass is 10.0. The minimum atomic E-state index is -0.221. The molecule has 29 heavy (non-hydrogen) atoms. The van der Waals surface area contributed by atoms with Crippen molar-refractivity contribution in [3.8, 4) is 11.5 Å². The molecular formula is C23H26N2O4. The number of nitrogens with one attached hydrogen (secondary N) is 2. The standard InChI is InChI=1S/C23H26N2O4/c1-16(26)25-19-10-7-17(8-11-19)9-12-21(27)24-13-14-28-20-6-4-5-18-15-23(2,3)29-22(18)20/h4-12H,13-15H2,1-3H3,(H,24,27)(H,25,26)/b12-9+. The van der Waals surface area contributed by atoms with E-state index in [0.717, 1.165) is 29.0 Å². The molecule has 0 aromatic heterocycles. The van der Waals surface area contributed by atoms with Gasteiger partial charge in [-0.1, -0.05) is 24.3 Å². The molecule has 2 amide bonds. The maximum atomic E-state index is 12.0. The SMILES string of the molecule is CC(=O)Nc1ccc(/C=C/C(=O)NCCOc2cccc3c2OC(C)(C)C3)cc1. The molecule has 0 bridgehead atoms. The Hall–Kier alpha value is -3.28. The third kappa shape index (κ3) is 5.85. The first-order chi connectivity index (χ1) is 13.8. The Balaban J connectivity index is 1.44. The highest BCUT2D eigenvalue weighted by atomic mass is 16.5. The van der Waals surface area contributed by atoms with Crippen molar-refractivity contribution < 1.29 is 19.1 Å². The minimum Gasteiger partial charge on any atom is -0.488 e. The Kier molecular flexibility index (Phi) is 6.22.